The highest BCUT2D eigenvalue weighted by Gasteiger charge is 2.37. The zero-order chi connectivity index (χ0) is 16.6. The van der Waals surface area contributed by atoms with Gasteiger partial charge < -0.3 is 14.6 Å². The maximum absolute atomic E-state index is 12.8. The lowest BCUT2D eigenvalue weighted by Crippen LogP contribution is -2.47. The second kappa shape index (κ2) is 6.06. The van der Waals surface area contributed by atoms with Crippen LogP contribution in [0.5, 0.6) is 0 Å². The SMILES string of the molecule is O=C(c1cc2ccccc2oc1=O)N1CCC2(CCNCC2)CC1. The molecule has 126 valence electrons. The number of para-hydroxylation sites is 1. The number of benzene rings is 1. The molecule has 0 aliphatic carbocycles. The Hall–Kier alpha value is -2.14. The van der Waals surface area contributed by atoms with Crippen LogP contribution in [0.25, 0.3) is 11.0 Å². The van der Waals surface area contributed by atoms with Crippen molar-refractivity contribution in [3.63, 3.8) is 0 Å². The fraction of sp³-hybridized carbons (Fsp3) is 0.474. The number of piperidine rings is 2. The maximum atomic E-state index is 12.8. The van der Waals surface area contributed by atoms with E-state index in [1.54, 1.807) is 12.1 Å². The van der Waals surface area contributed by atoms with Crippen molar-refractivity contribution >= 4 is 16.9 Å². The van der Waals surface area contributed by atoms with E-state index < -0.39 is 5.63 Å². The number of rotatable bonds is 1. The van der Waals surface area contributed by atoms with Gasteiger partial charge in [-0.05, 0) is 56.3 Å². The molecule has 0 saturated carbocycles. The lowest BCUT2D eigenvalue weighted by atomic mass is 9.71. The summed E-state index contributed by atoms with van der Waals surface area (Å²) in [6.45, 7) is 3.60. The van der Waals surface area contributed by atoms with Crippen molar-refractivity contribution in [1.82, 2.24) is 10.2 Å². The summed E-state index contributed by atoms with van der Waals surface area (Å²) in [5, 5.41) is 4.19. The molecule has 1 aromatic carbocycles. The van der Waals surface area contributed by atoms with Crippen molar-refractivity contribution in [2.24, 2.45) is 5.41 Å². The highest BCUT2D eigenvalue weighted by atomic mass is 16.4. The molecular formula is C19H22N2O3. The minimum Gasteiger partial charge on any atom is -0.422 e. The Morgan fingerprint density at radius 1 is 1.08 bits per heavy atom. The summed E-state index contributed by atoms with van der Waals surface area (Å²) in [4.78, 5) is 26.8. The van der Waals surface area contributed by atoms with Gasteiger partial charge in [0.25, 0.3) is 5.91 Å². The number of nitrogens with zero attached hydrogens (tertiary/aromatic N) is 1. The average molecular weight is 326 g/mol. The predicted molar refractivity (Wildman–Crippen MR) is 92.2 cm³/mol. The van der Waals surface area contributed by atoms with Gasteiger partial charge in [-0.1, -0.05) is 18.2 Å². The van der Waals surface area contributed by atoms with Crippen LogP contribution in [0, 0.1) is 5.41 Å². The summed E-state index contributed by atoms with van der Waals surface area (Å²) >= 11 is 0. The van der Waals surface area contributed by atoms with Gasteiger partial charge >= 0.3 is 5.63 Å². The Kier molecular flexibility index (Phi) is 3.88. The van der Waals surface area contributed by atoms with E-state index >= 15 is 0 Å². The largest absolute Gasteiger partial charge is 0.422 e. The molecule has 2 saturated heterocycles. The number of carbonyl (C=O) groups is 1. The van der Waals surface area contributed by atoms with E-state index in [1.807, 2.05) is 23.1 Å². The summed E-state index contributed by atoms with van der Waals surface area (Å²) < 4.78 is 5.30. The van der Waals surface area contributed by atoms with E-state index in [-0.39, 0.29) is 11.5 Å². The monoisotopic (exact) mass is 326 g/mol. The first-order valence-electron chi connectivity index (χ1n) is 8.70. The van der Waals surface area contributed by atoms with E-state index in [2.05, 4.69) is 5.32 Å². The van der Waals surface area contributed by atoms with Crippen LogP contribution < -0.4 is 10.9 Å². The van der Waals surface area contributed by atoms with Gasteiger partial charge in [-0.2, -0.15) is 0 Å². The smallest absolute Gasteiger partial charge is 0.349 e. The number of nitrogens with one attached hydrogen (secondary N) is 1. The summed E-state index contributed by atoms with van der Waals surface area (Å²) in [5.74, 6) is -0.196. The van der Waals surface area contributed by atoms with Crippen LogP contribution in [0.1, 0.15) is 36.0 Å². The zero-order valence-electron chi connectivity index (χ0n) is 13.7. The van der Waals surface area contributed by atoms with E-state index in [4.69, 9.17) is 4.42 Å². The van der Waals surface area contributed by atoms with Crippen LogP contribution in [0.4, 0.5) is 0 Å². The number of amides is 1. The van der Waals surface area contributed by atoms with Gasteiger partial charge in [0.05, 0.1) is 0 Å². The normalized spacial score (nSPS) is 20.4. The number of likely N-dealkylation sites (tertiary alicyclic amines) is 1. The molecule has 0 unspecified atom stereocenters. The molecular weight excluding hydrogens is 304 g/mol. The first-order valence-corrected chi connectivity index (χ1v) is 8.70. The topological polar surface area (TPSA) is 62.6 Å². The lowest BCUT2D eigenvalue weighted by molar-refractivity contribution is 0.0492. The summed E-state index contributed by atoms with van der Waals surface area (Å²) in [6.07, 6.45) is 4.43. The van der Waals surface area contributed by atoms with E-state index in [1.165, 1.54) is 12.8 Å². The molecule has 0 bridgehead atoms. The van der Waals surface area contributed by atoms with Crippen molar-refractivity contribution in [2.75, 3.05) is 26.2 Å². The summed E-state index contributed by atoms with van der Waals surface area (Å²) in [6, 6.07) is 8.95. The number of fused-ring (bicyclic) bond motifs is 1. The molecule has 1 spiro atoms. The molecule has 0 atom stereocenters. The molecule has 1 amide bonds. The van der Waals surface area contributed by atoms with E-state index in [9.17, 15) is 9.59 Å². The molecule has 4 rings (SSSR count). The highest BCUT2D eigenvalue weighted by Crippen LogP contribution is 2.39. The second-order valence-corrected chi connectivity index (χ2v) is 7.03. The van der Waals surface area contributed by atoms with Gasteiger partial charge in [0.1, 0.15) is 11.1 Å². The van der Waals surface area contributed by atoms with E-state index in [0.29, 0.717) is 11.0 Å². The number of carbonyl (C=O) groups excluding carboxylic acids is 1. The number of hydrogen-bond acceptors (Lipinski definition) is 4. The summed E-state index contributed by atoms with van der Waals surface area (Å²) in [5.41, 5.74) is 0.512. The molecule has 24 heavy (non-hydrogen) atoms. The lowest BCUT2D eigenvalue weighted by Gasteiger charge is -2.44. The van der Waals surface area contributed by atoms with Crippen LogP contribution >= 0.6 is 0 Å². The minimum atomic E-state index is -0.541. The third-order valence-electron chi connectivity index (χ3n) is 5.65. The van der Waals surface area contributed by atoms with Gasteiger partial charge in [0.15, 0.2) is 0 Å². The first kappa shape index (κ1) is 15.4. The molecule has 3 heterocycles. The Morgan fingerprint density at radius 3 is 2.54 bits per heavy atom. The molecule has 2 aliphatic heterocycles. The van der Waals surface area contributed by atoms with Crippen molar-refractivity contribution in [3.05, 3.63) is 46.3 Å². The Bertz CT molecular complexity index is 811. The van der Waals surface area contributed by atoms with Gasteiger partial charge in [-0.15, -0.1) is 0 Å². The van der Waals surface area contributed by atoms with Gasteiger partial charge in [-0.3, -0.25) is 4.79 Å². The molecule has 1 N–H and O–H groups in total. The molecule has 5 nitrogen and oxygen atoms in total. The van der Waals surface area contributed by atoms with E-state index in [0.717, 1.165) is 44.4 Å². The van der Waals surface area contributed by atoms with Crippen molar-refractivity contribution in [3.8, 4) is 0 Å². The Morgan fingerprint density at radius 2 is 1.79 bits per heavy atom. The molecule has 2 fully saturated rings. The average Bonchev–Trinajstić information content (AvgIpc) is 2.62. The van der Waals surface area contributed by atoms with Crippen LogP contribution in [0.15, 0.2) is 39.5 Å². The quantitative estimate of drug-likeness (QED) is 0.818. The van der Waals surface area contributed by atoms with Gasteiger partial charge in [0.2, 0.25) is 0 Å². The number of hydrogen-bond donors (Lipinski definition) is 1. The van der Waals surface area contributed by atoms with Gasteiger partial charge in [0, 0.05) is 18.5 Å². The molecule has 2 aromatic rings. The summed E-state index contributed by atoms with van der Waals surface area (Å²) in [7, 11) is 0. The minimum absolute atomic E-state index is 0.148. The molecule has 5 heteroatoms. The molecule has 0 radical (unpaired) electrons. The van der Waals surface area contributed by atoms with Crippen LogP contribution in [0.2, 0.25) is 0 Å². The predicted octanol–water partition coefficient (Wildman–Crippen LogP) is 2.40. The van der Waals surface area contributed by atoms with Crippen LogP contribution in [-0.2, 0) is 0 Å². The van der Waals surface area contributed by atoms with Crippen LogP contribution in [-0.4, -0.2) is 37.0 Å². The first-order chi connectivity index (χ1) is 11.7. The highest BCUT2D eigenvalue weighted by molar-refractivity contribution is 5.96. The standard InChI is InChI=1S/C19H22N2O3/c22-17(15-13-14-3-1-2-4-16(14)24-18(15)23)21-11-7-19(8-12-21)5-9-20-10-6-19/h1-4,13,20H,5-12H2. The fourth-order valence-electron chi connectivity index (χ4n) is 4.02. The van der Waals surface area contributed by atoms with Crippen molar-refractivity contribution in [2.45, 2.75) is 25.7 Å². The third kappa shape index (κ3) is 2.73. The van der Waals surface area contributed by atoms with Crippen molar-refractivity contribution < 1.29 is 9.21 Å². The maximum Gasteiger partial charge on any atom is 0.349 e. The fourth-order valence-corrected chi connectivity index (χ4v) is 4.02. The van der Waals surface area contributed by atoms with Crippen LogP contribution in [0.3, 0.4) is 0 Å². The third-order valence-corrected chi connectivity index (χ3v) is 5.65. The second-order valence-electron chi connectivity index (χ2n) is 7.03. The zero-order valence-corrected chi connectivity index (χ0v) is 13.7. The Balaban J connectivity index is 1.54. The molecule has 1 aromatic heterocycles. The molecule has 2 aliphatic rings. The van der Waals surface area contributed by atoms with Crippen molar-refractivity contribution in [1.29, 1.82) is 0 Å². The van der Waals surface area contributed by atoms with Gasteiger partial charge in [-0.25, -0.2) is 4.79 Å². The Labute approximate surface area is 140 Å².